The van der Waals surface area contributed by atoms with Crippen molar-refractivity contribution in [3.63, 3.8) is 0 Å². The molecule has 0 fully saturated rings. The molecule has 25 heavy (non-hydrogen) atoms. The summed E-state index contributed by atoms with van der Waals surface area (Å²) in [5.41, 5.74) is 0. The van der Waals surface area contributed by atoms with Gasteiger partial charge in [-0.2, -0.15) is 0 Å². The van der Waals surface area contributed by atoms with Crippen LogP contribution < -0.4 is 10.6 Å². The number of rotatable bonds is 19. The SMILES string of the molecule is CC(C)OCC(=O)NCCCCCOCCOCCCCCNC=O. The molecule has 0 atom stereocenters. The Morgan fingerprint density at radius 3 is 2.04 bits per heavy atom. The van der Waals surface area contributed by atoms with E-state index in [2.05, 4.69) is 10.6 Å². The maximum absolute atomic E-state index is 11.4. The van der Waals surface area contributed by atoms with Gasteiger partial charge in [0, 0.05) is 26.3 Å². The first-order chi connectivity index (χ1) is 12.2. The number of carbonyl (C=O) groups excluding carboxylic acids is 2. The molecule has 148 valence electrons. The maximum atomic E-state index is 11.4. The summed E-state index contributed by atoms with van der Waals surface area (Å²) in [6.07, 6.45) is 6.83. The number of hydrogen-bond donors (Lipinski definition) is 2. The van der Waals surface area contributed by atoms with E-state index in [4.69, 9.17) is 14.2 Å². The standard InChI is InChI=1S/C18H36N2O5/c1-17(2)25-15-18(22)20-10-6-4-8-12-24-14-13-23-11-7-3-5-9-19-16-21/h16-17H,3-15H2,1-2H3,(H,19,21)(H,20,22). The van der Waals surface area contributed by atoms with Gasteiger partial charge in [0.05, 0.1) is 19.3 Å². The van der Waals surface area contributed by atoms with Gasteiger partial charge in [-0.25, -0.2) is 0 Å². The van der Waals surface area contributed by atoms with Gasteiger partial charge in [0.15, 0.2) is 0 Å². The Morgan fingerprint density at radius 2 is 1.48 bits per heavy atom. The fraction of sp³-hybridized carbons (Fsp3) is 0.889. The van der Waals surface area contributed by atoms with E-state index < -0.39 is 0 Å². The molecule has 0 saturated heterocycles. The molecule has 7 heteroatoms. The van der Waals surface area contributed by atoms with Crippen LogP contribution in [0.25, 0.3) is 0 Å². The zero-order valence-corrected chi connectivity index (χ0v) is 15.9. The van der Waals surface area contributed by atoms with Gasteiger partial charge < -0.3 is 24.8 Å². The number of unbranched alkanes of at least 4 members (excludes halogenated alkanes) is 4. The van der Waals surface area contributed by atoms with Gasteiger partial charge in [-0.15, -0.1) is 0 Å². The van der Waals surface area contributed by atoms with Crippen molar-refractivity contribution in [2.24, 2.45) is 0 Å². The average Bonchev–Trinajstić information content (AvgIpc) is 2.59. The largest absolute Gasteiger partial charge is 0.379 e. The maximum Gasteiger partial charge on any atom is 0.246 e. The fourth-order valence-electron chi connectivity index (χ4n) is 2.02. The Labute approximate surface area is 152 Å². The van der Waals surface area contributed by atoms with Crippen LogP contribution in [0.4, 0.5) is 0 Å². The molecule has 0 aromatic rings. The summed E-state index contributed by atoms with van der Waals surface area (Å²) in [5.74, 6) is -0.0536. The lowest BCUT2D eigenvalue weighted by atomic mass is 10.2. The average molecular weight is 360 g/mol. The highest BCUT2D eigenvalue weighted by Crippen LogP contribution is 1.97. The molecule has 0 aliphatic rings. The van der Waals surface area contributed by atoms with E-state index in [-0.39, 0.29) is 18.6 Å². The van der Waals surface area contributed by atoms with Crippen molar-refractivity contribution < 1.29 is 23.8 Å². The fourth-order valence-corrected chi connectivity index (χ4v) is 2.02. The van der Waals surface area contributed by atoms with Crippen molar-refractivity contribution in [2.45, 2.75) is 58.5 Å². The molecule has 0 rings (SSSR count). The second kappa shape index (κ2) is 19.1. The number of nitrogens with one attached hydrogen (secondary N) is 2. The molecular formula is C18H36N2O5. The number of ether oxygens (including phenoxy) is 3. The first kappa shape index (κ1) is 23.8. The van der Waals surface area contributed by atoms with Gasteiger partial charge in [0.2, 0.25) is 12.3 Å². The molecule has 0 unspecified atom stereocenters. The van der Waals surface area contributed by atoms with Crippen LogP contribution in [0.1, 0.15) is 52.4 Å². The van der Waals surface area contributed by atoms with E-state index in [1.165, 1.54) is 0 Å². The van der Waals surface area contributed by atoms with E-state index in [9.17, 15) is 9.59 Å². The summed E-state index contributed by atoms with van der Waals surface area (Å²) in [7, 11) is 0. The minimum Gasteiger partial charge on any atom is -0.379 e. The highest BCUT2D eigenvalue weighted by Gasteiger charge is 2.02. The summed E-state index contributed by atoms with van der Waals surface area (Å²) < 4.78 is 16.2. The molecule has 0 heterocycles. The molecule has 2 amide bonds. The molecule has 0 aliphatic heterocycles. The molecule has 0 aromatic heterocycles. The second-order valence-electron chi connectivity index (χ2n) is 6.13. The molecule has 0 aromatic carbocycles. The van der Waals surface area contributed by atoms with Crippen LogP contribution in [0.5, 0.6) is 0 Å². The predicted octanol–water partition coefficient (Wildman–Crippen LogP) is 1.65. The number of hydrogen-bond acceptors (Lipinski definition) is 5. The van der Waals surface area contributed by atoms with Crippen LogP contribution in [-0.4, -0.2) is 64.5 Å². The quantitative estimate of drug-likeness (QED) is 0.270. The minimum atomic E-state index is -0.0536. The second-order valence-corrected chi connectivity index (χ2v) is 6.13. The third-order valence-electron chi connectivity index (χ3n) is 3.40. The highest BCUT2D eigenvalue weighted by atomic mass is 16.5. The summed E-state index contributed by atoms with van der Waals surface area (Å²) in [6.45, 7) is 8.09. The van der Waals surface area contributed by atoms with E-state index in [1.807, 2.05) is 13.8 Å². The van der Waals surface area contributed by atoms with Crippen molar-refractivity contribution >= 4 is 12.3 Å². The van der Waals surface area contributed by atoms with E-state index in [1.54, 1.807) is 0 Å². The summed E-state index contributed by atoms with van der Waals surface area (Å²) in [6, 6.07) is 0. The zero-order chi connectivity index (χ0) is 18.6. The third kappa shape index (κ3) is 20.8. The minimum absolute atomic E-state index is 0.0536. The van der Waals surface area contributed by atoms with Gasteiger partial charge >= 0.3 is 0 Å². The molecule has 0 bridgehead atoms. The Hall–Kier alpha value is -1.18. The highest BCUT2D eigenvalue weighted by molar-refractivity contribution is 5.77. The van der Waals surface area contributed by atoms with Crippen molar-refractivity contribution in [3.8, 4) is 0 Å². The summed E-state index contributed by atoms with van der Waals surface area (Å²) in [5, 5.41) is 5.48. The third-order valence-corrected chi connectivity index (χ3v) is 3.40. The van der Waals surface area contributed by atoms with Gasteiger partial charge in [-0.05, 0) is 52.4 Å². The summed E-state index contributed by atoms with van der Waals surface area (Å²) >= 11 is 0. The van der Waals surface area contributed by atoms with E-state index >= 15 is 0 Å². The van der Waals surface area contributed by atoms with Gasteiger partial charge in [-0.3, -0.25) is 9.59 Å². The normalized spacial score (nSPS) is 10.8. The first-order valence-corrected chi connectivity index (χ1v) is 9.37. The number of carbonyl (C=O) groups is 2. The predicted molar refractivity (Wildman–Crippen MR) is 97.5 cm³/mol. The molecule has 0 aliphatic carbocycles. The molecule has 2 N–H and O–H groups in total. The topological polar surface area (TPSA) is 85.9 Å². The molecule has 0 spiro atoms. The van der Waals surface area contributed by atoms with Crippen LogP contribution in [0.15, 0.2) is 0 Å². The van der Waals surface area contributed by atoms with Crippen LogP contribution in [0, 0.1) is 0 Å². The van der Waals surface area contributed by atoms with Gasteiger partial charge in [0.1, 0.15) is 6.61 Å². The zero-order valence-electron chi connectivity index (χ0n) is 15.9. The van der Waals surface area contributed by atoms with E-state index in [0.29, 0.717) is 19.8 Å². The van der Waals surface area contributed by atoms with Crippen molar-refractivity contribution in [1.82, 2.24) is 10.6 Å². The molecule has 7 nitrogen and oxygen atoms in total. The monoisotopic (exact) mass is 360 g/mol. The molecule has 0 saturated carbocycles. The van der Waals surface area contributed by atoms with Gasteiger partial charge in [0.25, 0.3) is 0 Å². The smallest absolute Gasteiger partial charge is 0.246 e. The van der Waals surface area contributed by atoms with Crippen molar-refractivity contribution in [3.05, 3.63) is 0 Å². The van der Waals surface area contributed by atoms with Crippen LogP contribution in [0.3, 0.4) is 0 Å². The van der Waals surface area contributed by atoms with Gasteiger partial charge in [-0.1, -0.05) is 0 Å². The van der Waals surface area contributed by atoms with Crippen LogP contribution in [0.2, 0.25) is 0 Å². The Bertz CT molecular complexity index is 314. The molecular weight excluding hydrogens is 324 g/mol. The van der Waals surface area contributed by atoms with Crippen molar-refractivity contribution in [1.29, 1.82) is 0 Å². The lowest BCUT2D eigenvalue weighted by Crippen LogP contribution is -2.29. The first-order valence-electron chi connectivity index (χ1n) is 9.37. The van der Waals surface area contributed by atoms with Crippen LogP contribution in [-0.2, 0) is 23.8 Å². The molecule has 0 radical (unpaired) electrons. The van der Waals surface area contributed by atoms with Crippen LogP contribution >= 0.6 is 0 Å². The Morgan fingerprint density at radius 1 is 0.880 bits per heavy atom. The summed E-state index contributed by atoms with van der Waals surface area (Å²) in [4.78, 5) is 21.4. The Balaban J connectivity index is 3.09. The lowest BCUT2D eigenvalue weighted by molar-refractivity contribution is -0.127. The number of amides is 2. The lowest BCUT2D eigenvalue weighted by Gasteiger charge is -2.08. The van der Waals surface area contributed by atoms with Crippen molar-refractivity contribution in [2.75, 3.05) is 46.1 Å². The van der Waals surface area contributed by atoms with E-state index in [0.717, 1.165) is 64.7 Å². The Kier molecular flexibility index (Phi) is 18.2.